The zero-order valence-corrected chi connectivity index (χ0v) is 16.0. The number of Topliss-reactive ketones (excluding diaryl/α,β-unsaturated/α-hetero) is 1. The van der Waals surface area contributed by atoms with Gasteiger partial charge in [-0.15, -0.1) is 0 Å². The van der Waals surface area contributed by atoms with Crippen LogP contribution in [0.4, 0.5) is 10.1 Å². The van der Waals surface area contributed by atoms with E-state index in [0.29, 0.717) is 41.8 Å². The van der Waals surface area contributed by atoms with E-state index in [0.717, 1.165) is 11.3 Å². The standard InChI is InChI=1S/C23H20FN3O2/c1-29-17-5-2-4-14(12-17)21-18(13-25)23(26)27(16-10-8-15(24)9-11-16)19-6-3-7-20(28)22(19)21/h2,4-5,8-12,21H,3,6-7,26H2,1H3. The molecule has 0 radical (unpaired) electrons. The first-order valence-electron chi connectivity index (χ1n) is 9.40. The summed E-state index contributed by atoms with van der Waals surface area (Å²) < 4.78 is 18.8. The molecule has 29 heavy (non-hydrogen) atoms. The van der Waals surface area contributed by atoms with Crippen LogP contribution in [-0.4, -0.2) is 12.9 Å². The first-order chi connectivity index (χ1) is 14.0. The lowest BCUT2D eigenvalue weighted by atomic mass is 9.75. The second-order valence-corrected chi connectivity index (χ2v) is 7.07. The third-order valence-electron chi connectivity index (χ3n) is 5.43. The predicted octanol–water partition coefficient (Wildman–Crippen LogP) is 4.14. The fraction of sp³-hybridized carbons (Fsp3) is 0.217. The number of nitriles is 1. The molecule has 2 N–H and O–H groups in total. The summed E-state index contributed by atoms with van der Waals surface area (Å²) >= 11 is 0. The third-order valence-corrected chi connectivity index (χ3v) is 5.43. The summed E-state index contributed by atoms with van der Waals surface area (Å²) in [5, 5.41) is 9.97. The van der Waals surface area contributed by atoms with Gasteiger partial charge in [-0.05, 0) is 54.8 Å². The number of hydrogen-bond donors (Lipinski definition) is 1. The number of ether oxygens (including phenoxy) is 1. The van der Waals surface area contributed by atoms with E-state index in [1.165, 1.54) is 12.1 Å². The maximum Gasteiger partial charge on any atom is 0.161 e. The molecule has 0 saturated carbocycles. The van der Waals surface area contributed by atoms with Gasteiger partial charge in [0.2, 0.25) is 0 Å². The van der Waals surface area contributed by atoms with Crippen LogP contribution in [0.1, 0.15) is 30.7 Å². The Morgan fingerprint density at radius 1 is 1.21 bits per heavy atom. The molecule has 2 aromatic rings. The normalized spacial score (nSPS) is 19.1. The summed E-state index contributed by atoms with van der Waals surface area (Å²) in [7, 11) is 1.57. The Kier molecular flexibility index (Phi) is 4.81. The highest BCUT2D eigenvalue weighted by molar-refractivity contribution is 6.01. The number of anilines is 1. The maximum atomic E-state index is 13.5. The molecule has 1 heterocycles. The first-order valence-corrected chi connectivity index (χ1v) is 9.40. The number of ketones is 1. The SMILES string of the molecule is COc1cccc(C2C(C#N)=C(N)N(c3ccc(F)cc3)C3=C2C(=O)CCC3)c1. The number of nitrogens with zero attached hydrogens (tertiary/aromatic N) is 2. The molecule has 5 nitrogen and oxygen atoms in total. The van der Waals surface area contributed by atoms with Crippen molar-refractivity contribution in [1.82, 2.24) is 0 Å². The average molecular weight is 389 g/mol. The minimum Gasteiger partial charge on any atom is -0.497 e. The van der Waals surface area contributed by atoms with Gasteiger partial charge in [0.1, 0.15) is 17.4 Å². The van der Waals surface area contributed by atoms with Crippen LogP contribution in [0.25, 0.3) is 0 Å². The number of methoxy groups -OCH3 is 1. The second-order valence-electron chi connectivity index (χ2n) is 7.07. The molecule has 0 saturated heterocycles. The smallest absolute Gasteiger partial charge is 0.161 e. The van der Waals surface area contributed by atoms with Crippen molar-refractivity contribution in [1.29, 1.82) is 5.26 Å². The minimum atomic E-state index is -0.547. The molecule has 2 aromatic carbocycles. The van der Waals surface area contributed by atoms with Crippen LogP contribution in [0.5, 0.6) is 5.75 Å². The highest BCUT2D eigenvalue weighted by Crippen LogP contribution is 2.46. The molecule has 1 aliphatic heterocycles. The molecule has 1 unspecified atom stereocenters. The van der Waals surface area contributed by atoms with Gasteiger partial charge < -0.3 is 10.5 Å². The molecular weight excluding hydrogens is 369 g/mol. The lowest BCUT2D eigenvalue weighted by Crippen LogP contribution is -2.38. The van der Waals surface area contributed by atoms with Gasteiger partial charge in [0.05, 0.1) is 24.7 Å². The summed E-state index contributed by atoms with van der Waals surface area (Å²) in [6.07, 6.45) is 1.78. The zero-order valence-electron chi connectivity index (χ0n) is 16.0. The summed E-state index contributed by atoms with van der Waals surface area (Å²) in [6, 6.07) is 15.5. The fourth-order valence-electron chi connectivity index (χ4n) is 4.13. The molecule has 1 aliphatic carbocycles. The lowest BCUT2D eigenvalue weighted by Gasteiger charge is -2.39. The van der Waals surface area contributed by atoms with Gasteiger partial charge in [0.15, 0.2) is 5.78 Å². The van der Waals surface area contributed by atoms with Crippen LogP contribution in [0, 0.1) is 17.1 Å². The molecule has 0 fully saturated rings. The number of benzene rings is 2. The molecule has 6 heteroatoms. The van der Waals surface area contributed by atoms with Gasteiger partial charge in [0, 0.05) is 23.4 Å². The van der Waals surface area contributed by atoms with Crippen molar-refractivity contribution in [3.63, 3.8) is 0 Å². The topological polar surface area (TPSA) is 79.3 Å². The van der Waals surface area contributed by atoms with E-state index >= 15 is 0 Å². The molecule has 0 bridgehead atoms. The lowest BCUT2D eigenvalue weighted by molar-refractivity contribution is -0.116. The Morgan fingerprint density at radius 3 is 2.66 bits per heavy atom. The van der Waals surface area contributed by atoms with Crippen molar-refractivity contribution in [3.8, 4) is 11.8 Å². The van der Waals surface area contributed by atoms with Gasteiger partial charge in [0.25, 0.3) is 0 Å². The Balaban J connectivity index is 1.95. The van der Waals surface area contributed by atoms with E-state index in [-0.39, 0.29) is 17.4 Å². The van der Waals surface area contributed by atoms with Crippen molar-refractivity contribution < 1.29 is 13.9 Å². The van der Waals surface area contributed by atoms with E-state index in [1.54, 1.807) is 24.1 Å². The summed E-state index contributed by atoms with van der Waals surface area (Å²) in [5.41, 5.74) is 9.54. The third kappa shape index (κ3) is 3.15. The van der Waals surface area contributed by atoms with E-state index < -0.39 is 5.92 Å². The molecule has 0 amide bonds. The van der Waals surface area contributed by atoms with Gasteiger partial charge >= 0.3 is 0 Å². The van der Waals surface area contributed by atoms with Crippen LogP contribution in [0.2, 0.25) is 0 Å². The number of halogens is 1. The molecular formula is C23H20FN3O2. The van der Waals surface area contributed by atoms with Crippen LogP contribution in [0.15, 0.2) is 71.2 Å². The molecule has 0 spiro atoms. The fourth-order valence-corrected chi connectivity index (χ4v) is 4.13. The summed E-state index contributed by atoms with van der Waals surface area (Å²) in [6.45, 7) is 0. The number of carbonyl (C=O) groups excluding carboxylic acids is 1. The minimum absolute atomic E-state index is 0.00596. The number of carbonyl (C=O) groups is 1. The number of allylic oxidation sites excluding steroid dienone is 3. The van der Waals surface area contributed by atoms with Crippen molar-refractivity contribution >= 4 is 11.5 Å². The Bertz CT molecular complexity index is 1080. The van der Waals surface area contributed by atoms with Gasteiger partial charge in [-0.3, -0.25) is 9.69 Å². The van der Waals surface area contributed by atoms with Crippen LogP contribution >= 0.6 is 0 Å². The summed E-state index contributed by atoms with van der Waals surface area (Å²) in [5.74, 6) is 0.00291. The molecule has 1 atom stereocenters. The van der Waals surface area contributed by atoms with E-state index in [2.05, 4.69) is 6.07 Å². The largest absolute Gasteiger partial charge is 0.497 e. The molecule has 0 aromatic heterocycles. The van der Waals surface area contributed by atoms with Crippen LogP contribution < -0.4 is 15.4 Å². The Labute approximate surface area is 168 Å². The van der Waals surface area contributed by atoms with Crippen molar-refractivity contribution in [3.05, 3.63) is 82.6 Å². The molecule has 146 valence electrons. The van der Waals surface area contributed by atoms with Gasteiger partial charge in [-0.25, -0.2) is 4.39 Å². The van der Waals surface area contributed by atoms with Gasteiger partial charge in [-0.2, -0.15) is 5.26 Å². The monoisotopic (exact) mass is 389 g/mol. The Hall–Kier alpha value is -3.59. The number of rotatable bonds is 3. The molecule has 4 rings (SSSR count). The zero-order chi connectivity index (χ0) is 20.5. The summed E-state index contributed by atoms with van der Waals surface area (Å²) in [4.78, 5) is 14.7. The van der Waals surface area contributed by atoms with Crippen LogP contribution in [0.3, 0.4) is 0 Å². The van der Waals surface area contributed by atoms with Crippen molar-refractivity contribution in [2.45, 2.75) is 25.2 Å². The van der Waals surface area contributed by atoms with Gasteiger partial charge in [-0.1, -0.05) is 12.1 Å². The first kappa shape index (κ1) is 18.8. The van der Waals surface area contributed by atoms with Crippen LogP contribution in [-0.2, 0) is 4.79 Å². The quantitative estimate of drug-likeness (QED) is 0.853. The van der Waals surface area contributed by atoms with Crippen molar-refractivity contribution in [2.75, 3.05) is 12.0 Å². The maximum absolute atomic E-state index is 13.5. The molecule has 2 aliphatic rings. The predicted molar refractivity (Wildman–Crippen MR) is 107 cm³/mol. The van der Waals surface area contributed by atoms with Crippen molar-refractivity contribution in [2.24, 2.45) is 5.73 Å². The highest BCUT2D eigenvalue weighted by Gasteiger charge is 2.40. The van der Waals surface area contributed by atoms with E-state index in [4.69, 9.17) is 10.5 Å². The van der Waals surface area contributed by atoms with E-state index in [9.17, 15) is 14.4 Å². The number of nitrogens with two attached hydrogens (primary N) is 1. The average Bonchev–Trinajstić information content (AvgIpc) is 2.74. The highest BCUT2D eigenvalue weighted by atomic mass is 19.1. The Morgan fingerprint density at radius 2 is 1.97 bits per heavy atom. The second kappa shape index (κ2) is 7.44. The van der Waals surface area contributed by atoms with E-state index in [1.807, 2.05) is 24.3 Å². The number of hydrogen-bond acceptors (Lipinski definition) is 5.